The van der Waals surface area contributed by atoms with Gasteiger partial charge in [0.25, 0.3) is 0 Å². The summed E-state index contributed by atoms with van der Waals surface area (Å²) in [7, 11) is 0. The molecule has 0 radical (unpaired) electrons. The van der Waals surface area contributed by atoms with Gasteiger partial charge in [-0.2, -0.15) is 0 Å². The van der Waals surface area contributed by atoms with Crippen molar-refractivity contribution in [3.8, 4) is 11.4 Å². The van der Waals surface area contributed by atoms with Gasteiger partial charge in [-0.1, -0.05) is 59.8 Å². The van der Waals surface area contributed by atoms with Crippen LogP contribution in [-0.4, -0.2) is 15.2 Å². The van der Waals surface area contributed by atoms with E-state index < -0.39 is 0 Å². The first-order valence-corrected chi connectivity index (χ1v) is 7.95. The molecule has 0 fully saturated rings. The molecule has 21 heavy (non-hydrogen) atoms. The summed E-state index contributed by atoms with van der Waals surface area (Å²) in [5.74, 6) is 1.56. The highest BCUT2D eigenvalue weighted by atomic mass is 35.5. The summed E-state index contributed by atoms with van der Waals surface area (Å²) in [6.45, 7) is 2.11. The molecule has 0 amide bonds. The number of aryl methyl sites for hydroxylation is 1. The lowest BCUT2D eigenvalue weighted by atomic mass is 10.1. The second-order valence-electron chi connectivity index (χ2n) is 4.66. The van der Waals surface area contributed by atoms with Gasteiger partial charge in [0, 0.05) is 11.3 Å². The predicted molar refractivity (Wildman–Crippen MR) is 87.6 cm³/mol. The van der Waals surface area contributed by atoms with Crippen LogP contribution in [0.5, 0.6) is 0 Å². The zero-order valence-electron chi connectivity index (χ0n) is 11.5. The number of benzene rings is 2. The van der Waals surface area contributed by atoms with Gasteiger partial charge < -0.3 is 0 Å². The van der Waals surface area contributed by atoms with Gasteiger partial charge in [0.2, 0.25) is 5.16 Å². The van der Waals surface area contributed by atoms with E-state index in [0.717, 1.165) is 16.5 Å². The van der Waals surface area contributed by atoms with E-state index in [9.17, 15) is 0 Å². The zero-order valence-corrected chi connectivity index (χ0v) is 13.1. The Kier molecular flexibility index (Phi) is 4.27. The molecular formula is C16H14ClN3S. The fourth-order valence-electron chi connectivity index (χ4n) is 2.00. The highest BCUT2D eigenvalue weighted by molar-refractivity contribution is 7.98. The molecule has 1 heterocycles. The van der Waals surface area contributed by atoms with Gasteiger partial charge in [0.15, 0.2) is 5.82 Å². The lowest BCUT2D eigenvalue weighted by Gasteiger charge is -2.02. The average molecular weight is 316 g/mol. The van der Waals surface area contributed by atoms with Crippen molar-refractivity contribution in [1.82, 2.24) is 15.2 Å². The van der Waals surface area contributed by atoms with E-state index in [1.54, 1.807) is 11.8 Å². The Labute approximate surface area is 132 Å². The summed E-state index contributed by atoms with van der Waals surface area (Å²) >= 11 is 7.78. The van der Waals surface area contributed by atoms with Crippen molar-refractivity contribution < 1.29 is 0 Å². The van der Waals surface area contributed by atoms with Crippen LogP contribution in [0.15, 0.2) is 53.7 Å². The van der Waals surface area contributed by atoms with Crippen molar-refractivity contribution in [2.45, 2.75) is 17.8 Å². The molecule has 0 aliphatic heterocycles. The summed E-state index contributed by atoms with van der Waals surface area (Å²) in [5.41, 5.74) is 3.45. The third-order valence-electron chi connectivity index (χ3n) is 3.21. The monoisotopic (exact) mass is 315 g/mol. The van der Waals surface area contributed by atoms with E-state index in [1.807, 2.05) is 30.3 Å². The SMILES string of the molecule is Cc1ccccc1CSc1n[nH]c(-c2ccccc2Cl)n1. The maximum atomic E-state index is 6.17. The largest absolute Gasteiger partial charge is 0.258 e. The third kappa shape index (κ3) is 3.28. The van der Waals surface area contributed by atoms with Crippen LogP contribution in [-0.2, 0) is 5.75 Å². The summed E-state index contributed by atoms with van der Waals surface area (Å²) in [4.78, 5) is 4.50. The average Bonchev–Trinajstić information content (AvgIpc) is 2.96. The van der Waals surface area contributed by atoms with Crippen molar-refractivity contribution in [3.63, 3.8) is 0 Å². The van der Waals surface area contributed by atoms with E-state index in [-0.39, 0.29) is 0 Å². The van der Waals surface area contributed by atoms with Crippen molar-refractivity contribution in [2.24, 2.45) is 0 Å². The smallest absolute Gasteiger partial charge is 0.209 e. The van der Waals surface area contributed by atoms with E-state index in [1.165, 1.54) is 11.1 Å². The van der Waals surface area contributed by atoms with Crippen LogP contribution >= 0.6 is 23.4 Å². The second kappa shape index (κ2) is 6.33. The van der Waals surface area contributed by atoms with E-state index in [2.05, 4.69) is 40.3 Å². The summed E-state index contributed by atoms with van der Waals surface area (Å²) < 4.78 is 0. The molecule has 5 heteroatoms. The Hall–Kier alpha value is -1.78. The number of nitrogens with one attached hydrogen (secondary N) is 1. The lowest BCUT2D eigenvalue weighted by Crippen LogP contribution is -1.86. The molecule has 3 rings (SSSR count). The van der Waals surface area contributed by atoms with Crippen LogP contribution in [0.25, 0.3) is 11.4 Å². The molecule has 3 aromatic rings. The van der Waals surface area contributed by atoms with Gasteiger partial charge in [-0.3, -0.25) is 5.10 Å². The molecule has 1 N–H and O–H groups in total. The Morgan fingerprint density at radius 3 is 2.67 bits per heavy atom. The second-order valence-corrected chi connectivity index (χ2v) is 6.01. The molecule has 106 valence electrons. The minimum Gasteiger partial charge on any atom is -0.258 e. The standard InChI is InChI=1S/C16H14ClN3S/c1-11-6-2-3-7-12(11)10-21-16-18-15(19-20-16)13-8-4-5-9-14(13)17/h2-9H,10H2,1H3,(H,18,19,20). The third-order valence-corrected chi connectivity index (χ3v) is 4.44. The number of hydrogen-bond acceptors (Lipinski definition) is 3. The highest BCUT2D eigenvalue weighted by Crippen LogP contribution is 2.27. The minimum atomic E-state index is 0.670. The van der Waals surface area contributed by atoms with Gasteiger partial charge in [-0.15, -0.1) is 5.10 Å². The first kappa shape index (κ1) is 14.2. The van der Waals surface area contributed by atoms with Gasteiger partial charge >= 0.3 is 0 Å². The Bertz CT molecular complexity index is 755. The lowest BCUT2D eigenvalue weighted by molar-refractivity contribution is 0.973. The first-order valence-electron chi connectivity index (χ1n) is 6.58. The minimum absolute atomic E-state index is 0.670. The summed E-state index contributed by atoms with van der Waals surface area (Å²) in [5, 5.41) is 8.59. The van der Waals surface area contributed by atoms with Gasteiger partial charge in [0.1, 0.15) is 0 Å². The molecule has 0 bridgehead atoms. The molecule has 0 saturated heterocycles. The van der Waals surface area contributed by atoms with E-state index in [0.29, 0.717) is 10.8 Å². The Morgan fingerprint density at radius 2 is 1.86 bits per heavy atom. The molecule has 0 aliphatic rings. The van der Waals surface area contributed by atoms with Crippen LogP contribution in [0, 0.1) is 6.92 Å². The number of nitrogens with zero attached hydrogens (tertiary/aromatic N) is 2. The molecule has 0 saturated carbocycles. The van der Waals surface area contributed by atoms with Crippen molar-refractivity contribution in [2.75, 3.05) is 0 Å². The number of halogens is 1. The van der Waals surface area contributed by atoms with Crippen LogP contribution in [0.1, 0.15) is 11.1 Å². The van der Waals surface area contributed by atoms with Crippen molar-refractivity contribution in [3.05, 3.63) is 64.7 Å². The molecule has 3 nitrogen and oxygen atoms in total. The maximum absolute atomic E-state index is 6.17. The van der Waals surface area contributed by atoms with E-state index in [4.69, 9.17) is 11.6 Å². The molecule has 0 aliphatic carbocycles. The molecule has 1 aromatic heterocycles. The number of hydrogen-bond donors (Lipinski definition) is 1. The number of H-pyrrole nitrogens is 1. The molecule has 2 aromatic carbocycles. The van der Waals surface area contributed by atoms with Gasteiger partial charge in [-0.25, -0.2) is 4.98 Å². The summed E-state index contributed by atoms with van der Waals surface area (Å²) in [6, 6.07) is 16.0. The number of aromatic nitrogens is 3. The van der Waals surface area contributed by atoms with Gasteiger partial charge in [0.05, 0.1) is 5.02 Å². The van der Waals surface area contributed by atoms with Crippen molar-refractivity contribution in [1.29, 1.82) is 0 Å². The number of thioether (sulfide) groups is 1. The van der Waals surface area contributed by atoms with Crippen LogP contribution < -0.4 is 0 Å². The maximum Gasteiger partial charge on any atom is 0.209 e. The molecular weight excluding hydrogens is 302 g/mol. The molecule has 0 spiro atoms. The van der Waals surface area contributed by atoms with Crippen molar-refractivity contribution >= 4 is 23.4 Å². The predicted octanol–water partition coefficient (Wildman–Crippen LogP) is 4.73. The molecule has 0 unspecified atom stereocenters. The topological polar surface area (TPSA) is 41.6 Å². The first-order chi connectivity index (χ1) is 10.2. The molecule has 0 atom stereocenters. The normalized spacial score (nSPS) is 10.8. The van der Waals surface area contributed by atoms with Crippen LogP contribution in [0.2, 0.25) is 5.02 Å². The Balaban J connectivity index is 1.74. The zero-order chi connectivity index (χ0) is 14.7. The van der Waals surface area contributed by atoms with Crippen LogP contribution in [0.3, 0.4) is 0 Å². The highest BCUT2D eigenvalue weighted by Gasteiger charge is 2.09. The fraction of sp³-hybridized carbons (Fsp3) is 0.125. The van der Waals surface area contributed by atoms with Gasteiger partial charge in [-0.05, 0) is 30.2 Å². The van der Waals surface area contributed by atoms with Crippen LogP contribution in [0.4, 0.5) is 0 Å². The van der Waals surface area contributed by atoms with E-state index >= 15 is 0 Å². The number of rotatable bonds is 4. The summed E-state index contributed by atoms with van der Waals surface area (Å²) in [6.07, 6.45) is 0. The number of aromatic amines is 1. The fourth-order valence-corrected chi connectivity index (χ4v) is 3.10. The quantitative estimate of drug-likeness (QED) is 0.708. The Morgan fingerprint density at radius 1 is 1.10 bits per heavy atom.